The number of benzene rings is 1. The average molecular weight is 349 g/mol. The van der Waals surface area contributed by atoms with Crippen LogP contribution in [0.3, 0.4) is 0 Å². The number of anilines is 2. The first-order chi connectivity index (χ1) is 11.2. The van der Waals surface area contributed by atoms with Gasteiger partial charge in [0.15, 0.2) is 0 Å². The molecule has 1 aromatic heterocycles. The molecule has 0 radical (unpaired) electrons. The van der Waals surface area contributed by atoms with Gasteiger partial charge in [-0.3, -0.25) is 9.52 Å². The van der Waals surface area contributed by atoms with Gasteiger partial charge in [-0.25, -0.2) is 0 Å². The van der Waals surface area contributed by atoms with Crippen LogP contribution in [0.4, 0.5) is 11.4 Å². The van der Waals surface area contributed by atoms with Gasteiger partial charge < -0.3 is 4.90 Å². The van der Waals surface area contributed by atoms with Crippen molar-refractivity contribution in [1.29, 1.82) is 0 Å². The number of hydrogen-bond donors (Lipinski definition) is 1. The molecule has 1 fully saturated rings. The fourth-order valence-corrected chi connectivity index (χ4v) is 3.51. The summed E-state index contributed by atoms with van der Waals surface area (Å²) in [5.41, 5.74) is 0.455. The van der Waals surface area contributed by atoms with Crippen LogP contribution in [0.25, 0.3) is 0 Å². The number of amides is 1. The monoisotopic (exact) mass is 349 g/mol. The number of nitrogens with zero attached hydrogens (tertiary/aromatic N) is 4. The van der Waals surface area contributed by atoms with Crippen LogP contribution in [0.2, 0.25) is 0 Å². The van der Waals surface area contributed by atoms with E-state index >= 15 is 0 Å². The van der Waals surface area contributed by atoms with Gasteiger partial charge in [0, 0.05) is 6.54 Å². The molecular formula is C15H19N5O3S. The highest BCUT2D eigenvalue weighted by Gasteiger charge is 2.45. The van der Waals surface area contributed by atoms with Crippen LogP contribution in [0, 0.1) is 5.41 Å². The number of aromatic nitrogens is 3. The standard InChI is InChI=1S/C15H19N5O3S/c1-4-20-16-9-13(17-20)24(22,23)18-11-7-5-6-8-12(11)19-10-15(2,3)14(19)21/h5-9,18H,4,10H2,1-3H3. The number of aryl methyl sites for hydroxylation is 1. The molecule has 0 aliphatic carbocycles. The molecule has 1 N–H and O–H groups in total. The Morgan fingerprint density at radius 2 is 2.00 bits per heavy atom. The molecule has 1 saturated heterocycles. The zero-order valence-electron chi connectivity index (χ0n) is 13.7. The Morgan fingerprint density at radius 1 is 1.29 bits per heavy atom. The number of para-hydroxylation sites is 2. The number of carbonyl (C=O) groups excluding carboxylic acids is 1. The van der Waals surface area contributed by atoms with Crippen LogP contribution in [0.1, 0.15) is 20.8 Å². The third-order valence-electron chi connectivity index (χ3n) is 3.89. The molecule has 128 valence electrons. The minimum atomic E-state index is -3.87. The second-order valence-corrected chi connectivity index (χ2v) is 7.90. The quantitative estimate of drug-likeness (QED) is 0.825. The molecule has 1 aliphatic heterocycles. The molecule has 0 unspecified atom stereocenters. The van der Waals surface area contributed by atoms with Crippen molar-refractivity contribution in [2.24, 2.45) is 5.41 Å². The smallest absolute Gasteiger partial charge is 0.282 e. The van der Waals surface area contributed by atoms with E-state index in [-0.39, 0.29) is 10.9 Å². The van der Waals surface area contributed by atoms with E-state index in [1.54, 1.807) is 29.2 Å². The molecule has 1 aliphatic rings. The topological polar surface area (TPSA) is 97.2 Å². The van der Waals surface area contributed by atoms with Gasteiger partial charge in [-0.15, -0.1) is 5.10 Å². The van der Waals surface area contributed by atoms with Crippen molar-refractivity contribution in [2.75, 3.05) is 16.2 Å². The molecular weight excluding hydrogens is 330 g/mol. The van der Waals surface area contributed by atoms with E-state index < -0.39 is 15.4 Å². The van der Waals surface area contributed by atoms with E-state index in [9.17, 15) is 13.2 Å². The maximum Gasteiger partial charge on any atom is 0.282 e. The maximum atomic E-state index is 12.5. The van der Waals surface area contributed by atoms with Crippen molar-refractivity contribution in [2.45, 2.75) is 32.3 Å². The van der Waals surface area contributed by atoms with E-state index in [1.807, 2.05) is 20.8 Å². The molecule has 1 amide bonds. The van der Waals surface area contributed by atoms with Crippen molar-refractivity contribution in [1.82, 2.24) is 15.0 Å². The molecule has 2 aromatic rings. The van der Waals surface area contributed by atoms with E-state index in [4.69, 9.17) is 0 Å². The molecule has 0 spiro atoms. The first kappa shape index (κ1) is 16.4. The van der Waals surface area contributed by atoms with Crippen LogP contribution in [-0.4, -0.2) is 35.9 Å². The second-order valence-electron chi connectivity index (χ2n) is 6.27. The van der Waals surface area contributed by atoms with Crippen LogP contribution < -0.4 is 9.62 Å². The summed E-state index contributed by atoms with van der Waals surface area (Å²) < 4.78 is 27.5. The average Bonchev–Trinajstić information content (AvgIpc) is 3.03. The lowest BCUT2D eigenvalue weighted by Gasteiger charge is -2.45. The van der Waals surface area contributed by atoms with Crippen molar-refractivity contribution < 1.29 is 13.2 Å². The minimum absolute atomic E-state index is 0.0360. The summed E-state index contributed by atoms with van der Waals surface area (Å²) in [6.45, 7) is 6.56. The summed E-state index contributed by atoms with van der Waals surface area (Å²) in [7, 11) is -3.87. The predicted octanol–water partition coefficient (Wildman–Crippen LogP) is 1.47. The third kappa shape index (κ3) is 2.75. The molecule has 1 aromatic carbocycles. The molecule has 0 saturated carbocycles. The van der Waals surface area contributed by atoms with Crippen molar-refractivity contribution in [3.63, 3.8) is 0 Å². The first-order valence-corrected chi connectivity index (χ1v) is 9.07. The first-order valence-electron chi connectivity index (χ1n) is 7.58. The van der Waals surface area contributed by atoms with Gasteiger partial charge >= 0.3 is 0 Å². The van der Waals surface area contributed by atoms with E-state index in [2.05, 4.69) is 14.9 Å². The lowest BCUT2D eigenvalue weighted by molar-refractivity contribution is -0.132. The van der Waals surface area contributed by atoms with E-state index in [0.717, 1.165) is 0 Å². The number of β-lactam (4-membered cyclic amide) rings is 1. The van der Waals surface area contributed by atoms with Gasteiger partial charge in [-0.05, 0) is 32.9 Å². The lowest BCUT2D eigenvalue weighted by Crippen LogP contribution is -2.58. The Labute approximate surface area is 140 Å². The fraction of sp³-hybridized carbons (Fsp3) is 0.400. The van der Waals surface area contributed by atoms with Crippen molar-refractivity contribution in [3.05, 3.63) is 30.5 Å². The Kier molecular flexibility index (Phi) is 3.83. The van der Waals surface area contributed by atoms with Gasteiger partial charge in [0.25, 0.3) is 10.0 Å². The molecule has 2 heterocycles. The highest BCUT2D eigenvalue weighted by Crippen LogP contribution is 2.39. The van der Waals surface area contributed by atoms with Gasteiger partial charge in [-0.2, -0.15) is 18.3 Å². The van der Waals surface area contributed by atoms with Crippen LogP contribution >= 0.6 is 0 Å². The summed E-state index contributed by atoms with van der Waals surface area (Å²) in [6.07, 6.45) is 1.20. The summed E-state index contributed by atoms with van der Waals surface area (Å²) in [6, 6.07) is 6.81. The lowest BCUT2D eigenvalue weighted by atomic mass is 9.82. The van der Waals surface area contributed by atoms with Gasteiger partial charge in [-0.1, -0.05) is 12.1 Å². The molecule has 8 nitrogen and oxygen atoms in total. The van der Waals surface area contributed by atoms with E-state index in [1.165, 1.54) is 11.0 Å². The number of nitrogens with one attached hydrogen (secondary N) is 1. The molecule has 0 atom stereocenters. The maximum absolute atomic E-state index is 12.5. The summed E-state index contributed by atoms with van der Waals surface area (Å²) in [5.74, 6) is -0.0360. The second kappa shape index (κ2) is 5.59. The van der Waals surface area contributed by atoms with Crippen molar-refractivity contribution in [3.8, 4) is 0 Å². The molecule has 24 heavy (non-hydrogen) atoms. The summed E-state index contributed by atoms with van der Waals surface area (Å²) in [4.78, 5) is 15.1. The minimum Gasteiger partial charge on any atom is -0.309 e. The van der Waals surface area contributed by atoms with Crippen LogP contribution in [-0.2, 0) is 21.4 Å². The normalized spacial score (nSPS) is 16.8. The Balaban J connectivity index is 1.90. The predicted molar refractivity (Wildman–Crippen MR) is 89.1 cm³/mol. The van der Waals surface area contributed by atoms with Gasteiger partial charge in [0.2, 0.25) is 10.9 Å². The SMILES string of the molecule is CCn1ncc(S(=O)(=O)Nc2ccccc2N2CC(C)(C)C2=O)n1. The Morgan fingerprint density at radius 3 is 2.58 bits per heavy atom. The Hall–Kier alpha value is -2.42. The van der Waals surface area contributed by atoms with Crippen LogP contribution in [0.5, 0.6) is 0 Å². The summed E-state index contributed by atoms with van der Waals surface area (Å²) >= 11 is 0. The zero-order chi connectivity index (χ0) is 17.5. The molecule has 3 rings (SSSR count). The van der Waals surface area contributed by atoms with Gasteiger partial charge in [0.05, 0.1) is 29.5 Å². The number of carbonyl (C=O) groups is 1. The fourth-order valence-electron chi connectivity index (χ4n) is 2.55. The third-order valence-corrected chi connectivity index (χ3v) is 5.12. The van der Waals surface area contributed by atoms with E-state index in [0.29, 0.717) is 24.5 Å². The Bertz CT molecular complexity index is 888. The number of rotatable bonds is 5. The number of sulfonamides is 1. The molecule has 0 bridgehead atoms. The highest BCUT2D eigenvalue weighted by molar-refractivity contribution is 7.92. The zero-order valence-corrected chi connectivity index (χ0v) is 14.5. The largest absolute Gasteiger partial charge is 0.309 e. The van der Waals surface area contributed by atoms with Crippen molar-refractivity contribution >= 4 is 27.3 Å². The van der Waals surface area contributed by atoms with Crippen LogP contribution in [0.15, 0.2) is 35.5 Å². The van der Waals surface area contributed by atoms with Gasteiger partial charge in [0.1, 0.15) is 0 Å². The highest BCUT2D eigenvalue weighted by atomic mass is 32.2. The molecule has 9 heteroatoms. The number of hydrogen-bond acceptors (Lipinski definition) is 5. The summed E-state index contributed by atoms with van der Waals surface area (Å²) in [5, 5.41) is 7.64.